The molecule has 24 heavy (non-hydrogen) atoms. The highest BCUT2D eigenvalue weighted by atomic mass is 16.6. The molecule has 0 atom stereocenters. The third-order valence-corrected chi connectivity index (χ3v) is 2.77. The van der Waals surface area contributed by atoms with E-state index in [1.807, 2.05) is 0 Å². The molecule has 9 nitrogen and oxygen atoms in total. The Balaban J connectivity index is 2.16. The molecule has 9 heteroatoms. The van der Waals surface area contributed by atoms with Crippen LogP contribution in [0.5, 0.6) is 5.88 Å². The van der Waals surface area contributed by atoms with Gasteiger partial charge in [-0.25, -0.2) is 14.3 Å². The molecule has 2 aromatic heterocycles. The van der Waals surface area contributed by atoms with Crippen molar-refractivity contribution in [2.24, 2.45) is 12.8 Å². The number of rotatable bonds is 3. The van der Waals surface area contributed by atoms with Crippen LogP contribution in [-0.4, -0.2) is 32.6 Å². The van der Waals surface area contributed by atoms with E-state index >= 15 is 0 Å². The van der Waals surface area contributed by atoms with Crippen LogP contribution < -0.4 is 15.8 Å². The van der Waals surface area contributed by atoms with Crippen molar-refractivity contribution in [3.05, 3.63) is 24.5 Å². The summed E-state index contributed by atoms with van der Waals surface area (Å²) in [5, 5.41) is 6.59. The second-order valence-corrected chi connectivity index (χ2v) is 5.97. The molecule has 0 aliphatic rings. The van der Waals surface area contributed by atoms with Gasteiger partial charge in [-0.15, -0.1) is 0 Å². The number of nitrogens with zero attached hydrogens (tertiary/aromatic N) is 3. The van der Waals surface area contributed by atoms with Crippen LogP contribution >= 0.6 is 0 Å². The monoisotopic (exact) mass is 333 g/mol. The predicted octanol–water partition coefficient (Wildman–Crippen LogP) is 2.29. The number of ether oxygens (including phenoxy) is 2. The van der Waals surface area contributed by atoms with E-state index in [2.05, 4.69) is 15.4 Å². The number of amides is 2. The number of carbonyl (C=O) groups excluding carboxylic acids is 2. The van der Waals surface area contributed by atoms with Crippen molar-refractivity contribution in [1.82, 2.24) is 14.8 Å². The van der Waals surface area contributed by atoms with E-state index < -0.39 is 17.8 Å². The molecule has 0 aromatic carbocycles. The zero-order valence-corrected chi connectivity index (χ0v) is 13.9. The number of carbonyl (C=O) groups is 2. The van der Waals surface area contributed by atoms with Crippen molar-refractivity contribution in [1.29, 1.82) is 0 Å². The topological polar surface area (TPSA) is 121 Å². The minimum Gasteiger partial charge on any atom is -0.444 e. The standard InChI is InChI=1S/C15H19N5O4/c1-15(2,3)24-14(22)19-9-5-6-11(17-7-9)10-8-18-20(4)12(10)23-13(16)21/h5-8H,1-4H3,(H2,16,21)(H,19,22). The molecule has 2 rings (SSSR count). The molecule has 0 unspecified atom stereocenters. The summed E-state index contributed by atoms with van der Waals surface area (Å²) in [6.07, 6.45) is 1.45. The lowest BCUT2D eigenvalue weighted by atomic mass is 10.2. The van der Waals surface area contributed by atoms with Crippen LogP contribution in [0.15, 0.2) is 24.5 Å². The van der Waals surface area contributed by atoms with Gasteiger partial charge in [0.15, 0.2) is 0 Å². The highest BCUT2D eigenvalue weighted by Gasteiger charge is 2.18. The van der Waals surface area contributed by atoms with E-state index in [0.29, 0.717) is 16.9 Å². The molecule has 0 saturated heterocycles. The second kappa shape index (κ2) is 6.57. The molecule has 0 bridgehead atoms. The third kappa shape index (κ3) is 4.45. The van der Waals surface area contributed by atoms with Gasteiger partial charge in [-0.3, -0.25) is 10.3 Å². The van der Waals surface area contributed by atoms with Gasteiger partial charge in [0.1, 0.15) is 5.60 Å². The first-order valence-corrected chi connectivity index (χ1v) is 7.11. The third-order valence-electron chi connectivity index (χ3n) is 2.77. The van der Waals surface area contributed by atoms with Crippen LogP contribution in [0.2, 0.25) is 0 Å². The van der Waals surface area contributed by atoms with E-state index in [4.69, 9.17) is 15.2 Å². The number of primary amides is 1. The lowest BCUT2D eigenvalue weighted by molar-refractivity contribution is 0.0636. The molecule has 2 amide bonds. The molecule has 0 spiro atoms. The fourth-order valence-corrected chi connectivity index (χ4v) is 1.87. The average Bonchev–Trinajstić information content (AvgIpc) is 2.78. The molecule has 2 aromatic rings. The van der Waals surface area contributed by atoms with E-state index in [1.54, 1.807) is 40.0 Å². The van der Waals surface area contributed by atoms with Gasteiger partial charge in [-0.1, -0.05) is 0 Å². The normalized spacial score (nSPS) is 11.0. The van der Waals surface area contributed by atoms with Gasteiger partial charge in [0.2, 0.25) is 5.88 Å². The number of pyridine rings is 1. The van der Waals surface area contributed by atoms with Gasteiger partial charge in [0, 0.05) is 7.05 Å². The van der Waals surface area contributed by atoms with Crippen molar-refractivity contribution in [2.45, 2.75) is 26.4 Å². The number of aromatic nitrogens is 3. The van der Waals surface area contributed by atoms with Gasteiger partial charge < -0.3 is 15.2 Å². The van der Waals surface area contributed by atoms with E-state index in [0.717, 1.165) is 0 Å². The number of hydrogen-bond donors (Lipinski definition) is 2. The molecule has 0 fully saturated rings. The predicted molar refractivity (Wildman–Crippen MR) is 86.5 cm³/mol. The summed E-state index contributed by atoms with van der Waals surface area (Å²) >= 11 is 0. The maximum absolute atomic E-state index is 11.7. The Hall–Kier alpha value is -3.10. The maximum atomic E-state index is 11.7. The number of nitrogens with two attached hydrogens (primary N) is 1. The molecule has 0 aliphatic carbocycles. The summed E-state index contributed by atoms with van der Waals surface area (Å²) in [6, 6.07) is 3.30. The Morgan fingerprint density at radius 1 is 1.25 bits per heavy atom. The smallest absolute Gasteiger partial charge is 0.412 e. The molecule has 0 radical (unpaired) electrons. The van der Waals surface area contributed by atoms with Gasteiger partial charge in [-0.2, -0.15) is 5.10 Å². The SMILES string of the molecule is Cn1ncc(-c2ccc(NC(=O)OC(C)(C)C)cn2)c1OC(N)=O. The molecule has 128 valence electrons. The van der Waals surface area contributed by atoms with Crippen LogP contribution in [0.25, 0.3) is 11.3 Å². The molecule has 2 heterocycles. The van der Waals surface area contributed by atoms with E-state index in [9.17, 15) is 9.59 Å². The lowest BCUT2D eigenvalue weighted by Crippen LogP contribution is -2.27. The summed E-state index contributed by atoms with van der Waals surface area (Å²) in [5.41, 5.74) is 5.93. The summed E-state index contributed by atoms with van der Waals surface area (Å²) in [5.74, 6) is 0.183. The fraction of sp³-hybridized carbons (Fsp3) is 0.333. The molecular formula is C15H19N5O4. The molecular weight excluding hydrogens is 314 g/mol. The average molecular weight is 333 g/mol. The van der Waals surface area contributed by atoms with Crippen molar-refractivity contribution in [3.8, 4) is 17.1 Å². The van der Waals surface area contributed by atoms with Gasteiger partial charge >= 0.3 is 12.2 Å². The summed E-state index contributed by atoms with van der Waals surface area (Å²) < 4.78 is 11.5. The lowest BCUT2D eigenvalue weighted by Gasteiger charge is -2.19. The summed E-state index contributed by atoms with van der Waals surface area (Å²) in [7, 11) is 1.61. The number of hydrogen-bond acceptors (Lipinski definition) is 6. The van der Waals surface area contributed by atoms with Crippen LogP contribution in [0.4, 0.5) is 15.3 Å². The van der Waals surface area contributed by atoms with Crippen molar-refractivity contribution >= 4 is 17.9 Å². The first-order chi connectivity index (χ1) is 11.2. The number of nitrogens with one attached hydrogen (secondary N) is 1. The second-order valence-electron chi connectivity index (χ2n) is 5.97. The van der Waals surface area contributed by atoms with Crippen molar-refractivity contribution in [2.75, 3.05) is 5.32 Å². The van der Waals surface area contributed by atoms with Gasteiger partial charge in [0.05, 0.1) is 29.3 Å². The molecule has 3 N–H and O–H groups in total. The quantitative estimate of drug-likeness (QED) is 0.888. The van der Waals surface area contributed by atoms with Gasteiger partial charge in [0.25, 0.3) is 0 Å². The van der Waals surface area contributed by atoms with Crippen LogP contribution in [0.1, 0.15) is 20.8 Å². The minimum absolute atomic E-state index is 0.183. The largest absolute Gasteiger partial charge is 0.444 e. The van der Waals surface area contributed by atoms with E-state index in [1.165, 1.54) is 17.1 Å². The van der Waals surface area contributed by atoms with Crippen LogP contribution in [0.3, 0.4) is 0 Å². The Morgan fingerprint density at radius 2 is 1.96 bits per heavy atom. The Bertz CT molecular complexity index is 746. The molecule has 0 aliphatic heterocycles. The van der Waals surface area contributed by atoms with Crippen molar-refractivity contribution < 1.29 is 19.1 Å². The van der Waals surface area contributed by atoms with E-state index in [-0.39, 0.29) is 5.88 Å². The Morgan fingerprint density at radius 3 is 2.50 bits per heavy atom. The fourth-order valence-electron chi connectivity index (χ4n) is 1.87. The zero-order valence-electron chi connectivity index (χ0n) is 13.9. The minimum atomic E-state index is -0.942. The molecule has 0 saturated carbocycles. The number of anilines is 1. The van der Waals surface area contributed by atoms with Gasteiger partial charge in [-0.05, 0) is 32.9 Å². The Kier molecular flexibility index (Phi) is 4.72. The summed E-state index contributed by atoms with van der Waals surface area (Å²) in [6.45, 7) is 5.32. The highest BCUT2D eigenvalue weighted by Crippen LogP contribution is 2.28. The summed E-state index contributed by atoms with van der Waals surface area (Å²) in [4.78, 5) is 26.9. The Labute approximate surface area is 138 Å². The van der Waals surface area contributed by atoms with Crippen molar-refractivity contribution in [3.63, 3.8) is 0 Å². The van der Waals surface area contributed by atoms with Crippen LogP contribution in [0, 0.1) is 0 Å². The zero-order chi connectivity index (χ0) is 17.9. The van der Waals surface area contributed by atoms with Crippen LogP contribution in [-0.2, 0) is 11.8 Å². The maximum Gasteiger partial charge on any atom is 0.412 e. The highest BCUT2D eigenvalue weighted by molar-refractivity contribution is 5.85. The number of aryl methyl sites for hydroxylation is 1. The first kappa shape index (κ1) is 17.3. The first-order valence-electron chi connectivity index (χ1n) is 7.11.